The third-order valence-electron chi connectivity index (χ3n) is 3.01. The van der Waals surface area contributed by atoms with E-state index in [1.165, 1.54) is 23.5 Å². The van der Waals surface area contributed by atoms with Crippen molar-refractivity contribution in [1.29, 1.82) is 0 Å². The zero-order valence-electron chi connectivity index (χ0n) is 13.1. The molecule has 0 aliphatic heterocycles. The van der Waals surface area contributed by atoms with Crippen LogP contribution in [0.2, 0.25) is 0 Å². The summed E-state index contributed by atoms with van der Waals surface area (Å²) >= 11 is 0.719. The Balaban J connectivity index is 1.99. The van der Waals surface area contributed by atoms with Gasteiger partial charge in [-0.3, -0.25) is 10.1 Å². The van der Waals surface area contributed by atoms with Crippen molar-refractivity contribution in [3.63, 3.8) is 0 Å². The maximum Gasteiger partial charge on any atom is 0.433 e. The van der Waals surface area contributed by atoms with Gasteiger partial charge in [0.2, 0.25) is 11.1 Å². The molecule has 0 saturated heterocycles. The van der Waals surface area contributed by atoms with Crippen LogP contribution in [0.25, 0.3) is 0 Å². The number of nitrogens with one attached hydrogen (secondary N) is 1. The number of pyridine rings is 1. The molecule has 0 unspecified atom stereocenters. The summed E-state index contributed by atoms with van der Waals surface area (Å²) in [5.41, 5.74) is -1.26. The second kappa shape index (κ2) is 6.66. The van der Waals surface area contributed by atoms with Gasteiger partial charge in [0.25, 0.3) is 5.91 Å². The smallest absolute Gasteiger partial charge is 0.289 e. The van der Waals surface area contributed by atoms with E-state index in [0.29, 0.717) is 6.07 Å². The molecule has 0 saturated carbocycles. The van der Waals surface area contributed by atoms with Gasteiger partial charge in [-0.15, -0.1) is 5.10 Å². The highest BCUT2D eigenvalue weighted by Crippen LogP contribution is 2.33. The van der Waals surface area contributed by atoms with Crippen LogP contribution in [-0.2, 0) is 20.3 Å². The summed E-state index contributed by atoms with van der Waals surface area (Å²) < 4.78 is 41.3. The number of carbonyl (C=O) groups is 1. The van der Waals surface area contributed by atoms with Gasteiger partial charge in [0.15, 0.2) is 0 Å². The van der Waals surface area contributed by atoms with Gasteiger partial charge in [-0.1, -0.05) is 5.10 Å². The molecule has 136 valence electrons. The topological polar surface area (TPSA) is 129 Å². The van der Waals surface area contributed by atoms with Crippen LogP contribution in [0.1, 0.15) is 16.1 Å². The molecule has 0 aliphatic rings. The maximum atomic E-state index is 13.0. The predicted molar refractivity (Wildman–Crippen MR) is 78.9 cm³/mol. The number of anilines is 1. The van der Waals surface area contributed by atoms with Gasteiger partial charge in [0.05, 0.1) is 5.56 Å². The zero-order valence-corrected chi connectivity index (χ0v) is 13.9. The Morgan fingerprint density at radius 3 is 2.38 bits per heavy atom. The van der Waals surface area contributed by atoms with Gasteiger partial charge in [-0.25, -0.2) is 14.3 Å². The van der Waals surface area contributed by atoms with Crippen molar-refractivity contribution in [1.82, 2.24) is 45.4 Å². The van der Waals surface area contributed by atoms with Crippen molar-refractivity contribution < 1.29 is 18.0 Å². The highest BCUT2D eigenvalue weighted by molar-refractivity contribution is 7.99. The minimum Gasteiger partial charge on any atom is -0.289 e. The van der Waals surface area contributed by atoms with Gasteiger partial charge < -0.3 is 0 Å². The number of amides is 1. The van der Waals surface area contributed by atoms with E-state index in [9.17, 15) is 18.0 Å². The molecule has 0 bridgehead atoms. The Morgan fingerprint density at radius 1 is 1.12 bits per heavy atom. The van der Waals surface area contributed by atoms with Gasteiger partial charge >= 0.3 is 6.18 Å². The van der Waals surface area contributed by atoms with E-state index >= 15 is 0 Å². The quantitative estimate of drug-likeness (QED) is 0.683. The second-order valence-corrected chi connectivity index (χ2v) is 5.77. The number of rotatable bonds is 4. The summed E-state index contributed by atoms with van der Waals surface area (Å²) in [6.07, 6.45) is -4.67. The molecule has 1 N–H and O–H groups in total. The van der Waals surface area contributed by atoms with Crippen LogP contribution in [0.3, 0.4) is 0 Å². The van der Waals surface area contributed by atoms with Crippen LogP contribution in [-0.4, -0.2) is 51.3 Å². The number of tetrazole rings is 2. The van der Waals surface area contributed by atoms with E-state index < -0.39 is 17.8 Å². The van der Waals surface area contributed by atoms with Crippen molar-refractivity contribution in [2.75, 3.05) is 5.32 Å². The average molecular weight is 386 g/mol. The zero-order chi connectivity index (χ0) is 18.9. The summed E-state index contributed by atoms with van der Waals surface area (Å²) in [7, 11) is 2.99. The van der Waals surface area contributed by atoms with Gasteiger partial charge in [0.1, 0.15) is 10.7 Å². The van der Waals surface area contributed by atoms with E-state index in [0.717, 1.165) is 17.8 Å². The predicted octanol–water partition coefficient (Wildman–Crippen LogP) is 0.551. The van der Waals surface area contributed by atoms with E-state index in [1.807, 2.05) is 0 Å². The van der Waals surface area contributed by atoms with Crippen LogP contribution < -0.4 is 5.32 Å². The molecule has 26 heavy (non-hydrogen) atoms. The highest BCUT2D eigenvalue weighted by atomic mass is 32.2. The molecule has 0 radical (unpaired) electrons. The first-order chi connectivity index (χ1) is 12.3. The molecular formula is C11H9F3N10OS. The van der Waals surface area contributed by atoms with Crippen molar-refractivity contribution in [2.45, 2.75) is 16.4 Å². The first-order valence-electron chi connectivity index (χ1n) is 6.78. The largest absolute Gasteiger partial charge is 0.433 e. The summed E-state index contributed by atoms with van der Waals surface area (Å²) in [5.74, 6) is -0.715. The maximum absolute atomic E-state index is 13.0. The molecule has 0 atom stereocenters. The Morgan fingerprint density at radius 2 is 1.81 bits per heavy atom. The molecule has 3 aromatic heterocycles. The van der Waals surface area contributed by atoms with Crippen LogP contribution in [0.5, 0.6) is 0 Å². The number of alkyl halides is 3. The number of hydrogen-bond acceptors (Lipinski definition) is 9. The molecule has 0 spiro atoms. The van der Waals surface area contributed by atoms with Crippen LogP contribution in [0, 0.1) is 0 Å². The molecule has 11 nitrogen and oxygen atoms in total. The van der Waals surface area contributed by atoms with Crippen molar-refractivity contribution in [3.05, 3.63) is 23.4 Å². The Hall–Kier alpha value is -3.10. The third-order valence-corrected chi connectivity index (χ3v) is 4.04. The Kier molecular flexibility index (Phi) is 4.54. The van der Waals surface area contributed by atoms with E-state index in [1.54, 1.807) is 0 Å². The minimum absolute atomic E-state index is 0.0196. The number of aromatic nitrogens is 9. The summed E-state index contributed by atoms with van der Waals surface area (Å²) in [6.45, 7) is 0. The molecule has 15 heteroatoms. The van der Waals surface area contributed by atoms with E-state index in [-0.39, 0.29) is 21.7 Å². The number of nitrogens with zero attached hydrogens (tertiary/aromatic N) is 9. The monoisotopic (exact) mass is 386 g/mol. The van der Waals surface area contributed by atoms with Gasteiger partial charge in [0, 0.05) is 14.1 Å². The minimum atomic E-state index is -4.67. The number of aryl methyl sites for hydroxylation is 2. The lowest BCUT2D eigenvalue weighted by Gasteiger charge is -2.11. The Labute approximate surface area is 147 Å². The average Bonchev–Trinajstić information content (AvgIpc) is 3.15. The Bertz CT molecular complexity index is 952. The lowest BCUT2D eigenvalue weighted by Crippen LogP contribution is -2.18. The number of carbonyl (C=O) groups excluding carboxylic acids is 1. The van der Waals surface area contributed by atoms with Crippen molar-refractivity contribution >= 4 is 23.6 Å². The third kappa shape index (κ3) is 3.61. The highest BCUT2D eigenvalue weighted by Gasteiger charge is 2.34. The molecule has 3 rings (SSSR count). The molecule has 1 amide bonds. The fourth-order valence-corrected chi connectivity index (χ4v) is 2.58. The van der Waals surface area contributed by atoms with Crippen LogP contribution in [0.15, 0.2) is 22.3 Å². The lowest BCUT2D eigenvalue weighted by molar-refractivity contribution is -0.141. The normalized spacial score (nSPS) is 11.6. The SMILES string of the molecule is Cn1nnnc1NC(=O)c1ccc(C(F)(F)F)nc1Sc1nnnn1C. The fourth-order valence-electron chi connectivity index (χ4n) is 1.75. The first kappa shape index (κ1) is 17.7. The summed E-state index contributed by atoms with van der Waals surface area (Å²) in [4.78, 5) is 16.0. The first-order valence-corrected chi connectivity index (χ1v) is 7.59. The van der Waals surface area contributed by atoms with Crippen molar-refractivity contribution in [3.8, 4) is 0 Å². The molecule has 0 aromatic carbocycles. The molecule has 3 aromatic rings. The molecule has 3 heterocycles. The standard InChI is InChI=1S/C11H9F3N10OS/c1-23-9(17-19-21-23)16-7(25)5-3-4-6(11(12,13)14)15-8(5)26-10-18-20-22-24(10)2/h3-4H,1-2H3,(H,16,17,21,25). The van der Waals surface area contributed by atoms with Crippen LogP contribution in [0.4, 0.5) is 19.1 Å². The lowest BCUT2D eigenvalue weighted by atomic mass is 10.2. The van der Waals surface area contributed by atoms with Gasteiger partial charge in [-0.2, -0.15) is 13.2 Å². The van der Waals surface area contributed by atoms with Gasteiger partial charge in [-0.05, 0) is 44.7 Å². The number of halogens is 3. The van der Waals surface area contributed by atoms with Crippen molar-refractivity contribution in [2.24, 2.45) is 14.1 Å². The second-order valence-electron chi connectivity index (χ2n) is 4.81. The molecular weight excluding hydrogens is 377 g/mol. The number of hydrogen-bond donors (Lipinski definition) is 1. The van der Waals surface area contributed by atoms with Crippen LogP contribution >= 0.6 is 11.8 Å². The fraction of sp³-hybridized carbons (Fsp3) is 0.273. The van der Waals surface area contributed by atoms with E-state index in [2.05, 4.69) is 41.4 Å². The molecule has 0 fully saturated rings. The van der Waals surface area contributed by atoms with E-state index in [4.69, 9.17) is 0 Å². The summed E-state index contributed by atoms with van der Waals surface area (Å²) in [6, 6.07) is 1.73. The molecule has 0 aliphatic carbocycles. The summed E-state index contributed by atoms with van der Waals surface area (Å²) in [5, 5.41) is 23.5.